The van der Waals surface area contributed by atoms with Crippen molar-refractivity contribution >= 4 is 34.2 Å². The van der Waals surface area contributed by atoms with Gasteiger partial charge >= 0.3 is 11.9 Å². The fourth-order valence-electron chi connectivity index (χ4n) is 4.06. The second-order valence-corrected chi connectivity index (χ2v) is 9.39. The molecular weight excluding hydrogens is 466 g/mol. The van der Waals surface area contributed by atoms with Crippen LogP contribution in [-0.2, 0) is 20.7 Å². The molecule has 0 atom stereocenters. The van der Waals surface area contributed by atoms with E-state index in [-0.39, 0.29) is 35.5 Å². The van der Waals surface area contributed by atoms with Crippen molar-refractivity contribution in [3.8, 4) is 6.07 Å². The van der Waals surface area contributed by atoms with Crippen molar-refractivity contribution < 1.29 is 23.9 Å². The predicted molar refractivity (Wildman–Crippen MR) is 133 cm³/mol. The number of hydrogen-bond acceptors (Lipinski definition) is 8. The highest BCUT2D eigenvalue weighted by molar-refractivity contribution is 7.18. The number of hydrogen-bond donors (Lipinski definition) is 1. The quantitative estimate of drug-likeness (QED) is 0.490. The van der Waals surface area contributed by atoms with E-state index in [1.165, 1.54) is 0 Å². The molecule has 2 aromatic rings. The van der Waals surface area contributed by atoms with Gasteiger partial charge in [-0.1, -0.05) is 30.3 Å². The molecule has 0 saturated carbocycles. The molecule has 3 rings (SSSR count). The fourth-order valence-corrected chi connectivity index (χ4v) is 5.15. The lowest BCUT2D eigenvalue weighted by Crippen LogP contribution is -2.38. The lowest BCUT2D eigenvalue weighted by Gasteiger charge is -2.30. The number of nitrogens with one attached hydrogen (secondary N) is 1. The van der Waals surface area contributed by atoms with Gasteiger partial charge in [0.25, 0.3) is 0 Å². The number of thiophene rings is 1. The summed E-state index contributed by atoms with van der Waals surface area (Å²) in [6.45, 7) is 5.95. The Morgan fingerprint density at radius 1 is 1.14 bits per heavy atom. The van der Waals surface area contributed by atoms with E-state index in [4.69, 9.17) is 14.7 Å². The van der Waals surface area contributed by atoms with Crippen LogP contribution >= 0.6 is 11.3 Å². The van der Waals surface area contributed by atoms with Gasteiger partial charge in [-0.05, 0) is 50.9 Å². The van der Waals surface area contributed by atoms with Crippen molar-refractivity contribution in [3.63, 3.8) is 0 Å². The molecule has 186 valence electrons. The minimum absolute atomic E-state index is 0.180. The summed E-state index contributed by atoms with van der Waals surface area (Å²) in [6, 6.07) is 11.9. The number of rotatable bonds is 10. The Bertz CT molecular complexity index is 1070. The lowest BCUT2D eigenvalue weighted by atomic mass is 9.96. The number of piperidine rings is 1. The van der Waals surface area contributed by atoms with Crippen LogP contribution in [0.15, 0.2) is 30.3 Å². The Labute approximate surface area is 209 Å². The lowest BCUT2D eigenvalue weighted by molar-refractivity contribution is -0.121. The number of anilines is 1. The van der Waals surface area contributed by atoms with Crippen molar-refractivity contribution in [2.45, 2.75) is 39.5 Å². The van der Waals surface area contributed by atoms with E-state index in [9.17, 15) is 14.4 Å². The zero-order chi connectivity index (χ0) is 25.2. The van der Waals surface area contributed by atoms with Gasteiger partial charge in [0, 0.05) is 25.3 Å². The summed E-state index contributed by atoms with van der Waals surface area (Å²) in [5.74, 6) is -1.49. The molecule has 1 aliphatic heterocycles. The average molecular weight is 498 g/mol. The molecule has 1 amide bonds. The summed E-state index contributed by atoms with van der Waals surface area (Å²) in [5, 5.41) is 12.0. The van der Waals surface area contributed by atoms with E-state index >= 15 is 0 Å². The number of likely N-dealkylation sites (tertiary alicyclic amines) is 1. The number of ether oxygens (including phenoxy) is 2. The van der Waals surface area contributed by atoms with Crippen LogP contribution in [0.5, 0.6) is 0 Å². The molecule has 0 aliphatic carbocycles. The van der Waals surface area contributed by atoms with Gasteiger partial charge < -0.3 is 19.7 Å². The second kappa shape index (κ2) is 13.0. The van der Waals surface area contributed by atoms with Gasteiger partial charge in [-0.15, -0.1) is 11.3 Å². The summed E-state index contributed by atoms with van der Waals surface area (Å²) in [7, 11) is 0. The molecule has 8 nitrogen and oxygen atoms in total. The highest BCUT2D eigenvalue weighted by Gasteiger charge is 2.30. The standard InChI is InChI=1S/C26H31N3O5S/c1-3-33-25(31)21-18(2)22(26(32)34-17-12-19-8-5-4-6-9-19)35-24(21)28-23(30)20-10-15-29(16-11-20)14-7-13-27/h4-6,8-9,20H,3,7,10-12,14-17H2,1-2H3,(H,28,30). The second-order valence-electron chi connectivity index (χ2n) is 8.37. The Balaban J connectivity index is 1.68. The van der Waals surface area contributed by atoms with Gasteiger partial charge in [0.05, 0.1) is 24.8 Å². The molecule has 1 N–H and O–H groups in total. The molecule has 0 spiro atoms. The summed E-state index contributed by atoms with van der Waals surface area (Å²) >= 11 is 1.04. The summed E-state index contributed by atoms with van der Waals surface area (Å²) < 4.78 is 10.7. The number of esters is 2. The molecule has 35 heavy (non-hydrogen) atoms. The zero-order valence-electron chi connectivity index (χ0n) is 20.2. The molecule has 1 aliphatic rings. The SMILES string of the molecule is CCOC(=O)c1c(NC(=O)C2CCN(CCC#N)CC2)sc(C(=O)OCCc2ccccc2)c1C. The predicted octanol–water partition coefficient (Wildman–Crippen LogP) is 4.20. The molecule has 1 saturated heterocycles. The summed E-state index contributed by atoms with van der Waals surface area (Å²) in [5.41, 5.74) is 1.70. The normalized spacial score (nSPS) is 14.2. The van der Waals surface area contributed by atoms with Gasteiger partial charge in [0.2, 0.25) is 5.91 Å². The molecule has 0 radical (unpaired) electrons. The third-order valence-corrected chi connectivity index (χ3v) is 7.20. The van der Waals surface area contributed by atoms with Crippen LogP contribution in [0.1, 0.15) is 57.3 Å². The van der Waals surface area contributed by atoms with Crippen molar-refractivity contribution in [1.82, 2.24) is 4.90 Å². The maximum Gasteiger partial charge on any atom is 0.348 e. The Morgan fingerprint density at radius 3 is 2.51 bits per heavy atom. The van der Waals surface area contributed by atoms with Gasteiger partial charge in [-0.2, -0.15) is 5.26 Å². The first-order valence-electron chi connectivity index (χ1n) is 11.9. The number of benzene rings is 1. The van der Waals surface area contributed by atoms with Crippen LogP contribution in [0.3, 0.4) is 0 Å². The molecular formula is C26H31N3O5S. The number of nitriles is 1. The third-order valence-electron chi connectivity index (χ3n) is 6.01. The molecule has 0 bridgehead atoms. The molecule has 9 heteroatoms. The van der Waals surface area contributed by atoms with Gasteiger partial charge in [0.1, 0.15) is 9.88 Å². The van der Waals surface area contributed by atoms with Crippen molar-refractivity contribution in [2.24, 2.45) is 5.92 Å². The van der Waals surface area contributed by atoms with Crippen LogP contribution in [0.25, 0.3) is 0 Å². The molecule has 2 heterocycles. The number of nitrogens with zero attached hydrogens (tertiary/aromatic N) is 2. The number of amides is 1. The Hall–Kier alpha value is -3.22. The van der Waals surface area contributed by atoms with E-state index in [0.717, 1.165) is 30.0 Å². The van der Waals surface area contributed by atoms with Gasteiger partial charge in [-0.25, -0.2) is 9.59 Å². The summed E-state index contributed by atoms with van der Waals surface area (Å²) in [6.07, 6.45) is 2.40. The zero-order valence-corrected chi connectivity index (χ0v) is 21.0. The van der Waals surface area contributed by atoms with Crippen molar-refractivity contribution in [1.29, 1.82) is 5.26 Å². The minimum Gasteiger partial charge on any atom is -0.462 e. The Morgan fingerprint density at radius 2 is 1.86 bits per heavy atom. The first-order valence-corrected chi connectivity index (χ1v) is 12.7. The van der Waals surface area contributed by atoms with E-state index in [0.29, 0.717) is 42.8 Å². The molecule has 0 unspecified atom stereocenters. The Kier molecular flexibility index (Phi) is 9.82. The van der Waals surface area contributed by atoms with Crippen molar-refractivity contribution in [3.05, 3.63) is 51.9 Å². The van der Waals surface area contributed by atoms with Gasteiger partial charge in [0.15, 0.2) is 0 Å². The molecule has 1 fully saturated rings. The first kappa shape index (κ1) is 26.4. The highest BCUT2D eigenvalue weighted by Crippen LogP contribution is 2.35. The van der Waals surface area contributed by atoms with E-state index in [2.05, 4.69) is 16.3 Å². The maximum absolute atomic E-state index is 13.0. The number of carbonyl (C=O) groups excluding carboxylic acids is 3. The average Bonchev–Trinajstić information content (AvgIpc) is 3.19. The third kappa shape index (κ3) is 7.13. The fraction of sp³-hybridized carbons (Fsp3) is 0.462. The minimum atomic E-state index is -0.578. The smallest absolute Gasteiger partial charge is 0.348 e. The number of carbonyl (C=O) groups is 3. The topological polar surface area (TPSA) is 109 Å². The first-order chi connectivity index (χ1) is 16.9. The van der Waals surface area contributed by atoms with E-state index < -0.39 is 11.9 Å². The van der Waals surface area contributed by atoms with E-state index in [1.54, 1.807) is 13.8 Å². The largest absolute Gasteiger partial charge is 0.462 e. The van der Waals surface area contributed by atoms with Crippen LogP contribution in [0.2, 0.25) is 0 Å². The van der Waals surface area contributed by atoms with Crippen molar-refractivity contribution in [2.75, 3.05) is 38.2 Å². The van der Waals surface area contributed by atoms with E-state index in [1.807, 2.05) is 30.3 Å². The van der Waals surface area contributed by atoms with Gasteiger partial charge in [-0.3, -0.25) is 4.79 Å². The maximum atomic E-state index is 13.0. The van der Waals surface area contributed by atoms with Crippen LogP contribution in [-0.4, -0.2) is 55.6 Å². The summed E-state index contributed by atoms with van der Waals surface area (Å²) in [4.78, 5) is 40.9. The monoisotopic (exact) mass is 497 g/mol. The molecule has 1 aromatic carbocycles. The molecule has 1 aromatic heterocycles. The highest BCUT2D eigenvalue weighted by atomic mass is 32.1. The van der Waals surface area contributed by atoms with Crippen LogP contribution in [0.4, 0.5) is 5.00 Å². The van der Waals surface area contributed by atoms with Crippen LogP contribution < -0.4 is 5.32 Å². The van der Waals surface area contributed by atoms with Crippen LogP contribution in [0, 0.1) is 24.2 Å².